The van der Waals surface area contributed by atoms with E-state index in [0.29, 0.717) is 37.1 Å². The van der Waals surface area contributed by atoms with Crippen molar-refractivity contribution in [1.29, 1.82) is 0 Å². The topological polar surface area (TPSA) is 175 Å². The van der Waals surface area contributed by atoms with Crippen LogP contribution in [-0.2, 0) is 39.8 Å². The fraction of sp³-hybridized carbons (Fsp3) is 0.645. The molecule has 1 rings (SSSR count). The van der Waals surface area contributed by atoms with Gasteiger partial charge in [0, 0.05) is 5.69 Å². The minimum atomic E-state index is -1.23. The maximum Gasteiger partial charge on any atom is 0.408 e. The fourth-order valence-electron chi connectivity index (χ4n) is 3.69. The number of benzene rings is 1. The molecule has 0 bridgehead atoms. The summed E-state index contributed by atoms with van der Waals surface area (Å²) in [4.78, 5) is 63.2. The third kappa shape index (κ3) is 17.1. The molecular formula is C31H50N4O8. The summed E-state index contributed by atoms with van der Waals surface area (Å²) >= 11 is 0. The molecule has 1 aromatic carbocycles. The second-order valence-corrected chi connectivity index (χ2v) is 13.3. The van der Waals surface area contributed by atoms with Crippen LogP contribution >= 0.6 is 0 Å². The number of hydrogen-bond donors (Lipinski definition) is 4. The molecule has 0 saturated carbocycles. The number of hydrogen-bond acceptors (Lipinski definition) is 9. The Morgan fingerprint density at radius 3 is 1.81 bits per heavy atom. The number of nitrogens with two attached hydrogens (primary N) is 1. The van der Waals surface area contributed by atoms with Gasteiger partial charge in [-0.25, -0.2) is 9.59 Å². The van der Waals surface area contributed by atoms with Gasteiger partial charge in [-0.05, 0) is 106 Å². The normalized spacial score (nSPS) is 13.3. The Bertz CT molecular complexity index is 1100. The number of amides is 3. The molecule has 0 fully saturated rings. The van der Waals surface area contributed by atoms with Crippen molar-refractivity contribution in [3.8, 4) is 0 Å². The molecule has 43 heavy (non-hydrogen) atoms. The molecule has 5 N–H and O–H groups in total. The van der Waals surface area contributed by atoms with Gasteiger partial charge in [0.25, 0.3) is 0 Å². The van der Waals surface area contributed by atoms with Crippen LogP contribution in [0.1, 0.15) is 93.6 Å². The van der Waals surface area contributed by atoms with Crippen molar-refractivity contribution >= 4 is 35.5 Å². The molecule has 242 valence electrons. The van der Waals surface area contributed by atoms with E-state index in [2.05, 4.69) is 16.0 Å². The van der Waals surface area contributed by atoms with E-state index in [-0.39, 0.29) is 12.8 Å². The summed E-state index contributed by atoms with van der Waals surface area (Å²) in [7, 11) is 0. The number of rotatable bonds is 13. The zero-order valence-electron chi connectivity index (χ0n) is 27.1. The van der Waals surface area contributed by atoms with Crippen LogP contribution in [0.2, 0.25) is 0 Å². The van der Waals surface area contributed by atoms with Gasteiger partial charge in [0.05, 0.1) is 12.8 Å². The fourth-order valence-corrected chi connectivity index (χ4v) is 3.69. The first-order chi connectivity index (χ1) is 19.7. The van der Waals surface area contributed by atoms with E-state index >= 15 is 0 Å². The van der Waals surface area contributed by atoms with Crippen LogP contribution in [0.3, 0.4) is 0 Å². The van der Waals surface area contributed by atoms with Gasteiger partial charge in [0.1, 0.15) is 28.9 Å². The van der Waals surface area contributed by atoms with E-state index < -0.39 is 58.7 Å². The average molecular weight is 607 g/mol. The second kappa shape index (κ2) is 16.3. The van der Waals surface area contributed by atoms with Gasteiger partial charge < -0.3 is 35.9 Å². The summed E-state index contributed by atoms with van der Waals surface area (Å²) in [6, 6.07) is 4.48. The molecule has 12 nitrogen and oxygen atoms in total. The van der Waals surface area contributed by atoms with Crippen LogP contribution in [0.25, 0.3) is 0 Å². The predicted molar refractivity (Wildman–Crippen MR) is 163 cm³/mol. The Labute approximate surface area is 255 Å². The average Bonchev–Trinajstić information content (AvgIpc) is 2.81. The molecule has 3 amide bonds. The van der Waals surface area contributed by atoms with Crippen LogP contribution in [-0.4, -0.2) is 65.3 Å². The number of unbranched alkanes of at least 4 members (excludes halogenated alkanes) is 1. The molecule has 0 spiro atoms. The highest BCUT2D eigenvalue weighted by Gasteiger charge is 2.31. The molecule has 0 aliphatic heterocycles. The van der Waals surface area contributed by atoms with Crippen molar-refractivity contribution < 1.29 is 38.2 Å². The van der Waals surface area contributed by atoms with Crippen LogP contribution in [0.5, 0.6) is 0 Å². The van der Waals surface area contributed by atoms with Gasteiger partial charge in [-0.15, -0.1) is 0 Å². The largest absolute Gasteiger partial charge is 0.460 e. The molecule has 0 aliphatic rings. The van der Waals surface area contributed by atoms with Crippen molar-refractivity contribution in [1.82, 2.24) is 10.6 Å². The van der Waals surface area contributed by atoms with Crippen LogP contribution < -0.4 is 21.7 Å². The second-order valence-electron chi connectivity index (χ2n) is 13.3. The summed E-state index contributed by atoms with van der Waals surface area (Å²) in [5.41, 5.74) is 4.34. The quantitative estimate of drug-likeness (QED) is 0.148. The minimum absolute atomic E-state index is 0.0935. The van der Waals surface area contributed by atoms with E-state index in [1.807, 2.05) is 0 Å². The Morgan fingerprint density at radius 2 is 1.30 bits per heavy atom. The molecule has 0 aliphatic carbocycles. The van der Waals surface area contributed by atoms with E-state index in [4.69, 9.17) is 19.9 Å². The summed E-state index contributed by atoms with van der Waals surface area (Å²) in [6.45, 7) is 15.8. The molecule has 0 aromatic heterocycles. The number of esters is 2. The van der Waals surface area contributed by atoms with Gasteiger partial charge in [0.15, 0.2) is 0 Å². The molecule has 12 heteroatoms. The number of anilines is 1. The van der Waals surface area contributed by atoms with Crippen molar-refractivity contribution in [2.75, 3.05) is 11.9 Å². The highest BCUT2D eigenvalue weighted by Crippen LogP contribution is 2.15. The third-order valence-corrected chi connectivity index (χ3v) is 5.36. The summed E-state index contributed by atoms with van der Waals surface area (Å²) in [5, 5.41) is 7.97. The van der Waals surface area contributed by atoms with Gasteiger partial charge >= 0.3 is 18.0 Å². The van der Waals surface area contributed by atoms with E-state index in [9.17, 15) is 24.0 Å². The highest BCUT2D eigenvalue weighted by atomic mass is 16.6. The molecule has 0 unspecified atom stereocenters. The molecule has 1 aromatic rings. The lowest BCUT2D eigenvalue weighted by atomic mass is 10.1. The lowest BCUT2D eigenvalue weighted by Crippen LogP contribution is -2.46. The van der Waals surface area contributed by atoms with Gasteiger partial charge in [-0.3, -0.25) is 14.4 Å². The Hall–Kier alpha value is -3.67. The van der Waals surface area contributed by atoms with Gasteiger partial charge in [-0.1, -0.05) is 12.1 Å². The van der Waals surface area contributed by atoms with E-state index in [1.165, 1.54) is 0 Å². The highest BCUT2D eigenvalue weighted by molar-refractivity contribution is 5.96. The number of carbonyl (C=O) groups excluding carboxylic acids is 5. The Morgan fingerprint density at radius 1 is 0.744 bits per heavy atom. The first kappa shape index (κ1) is 37.4. The number of ether oxygens (including phenoxy) is 3. The first-order valence-electron chi connectivity index (χ1n) is 14.5. The standard InChI is InChI=1S/C31H50N4O8/c1-29(2,3)41-25(37)19-23(27(39)42-30(4,5)6)34-24(36)18-20-13-15-21(16-14-20)33-26(38)22(12-10-11-17-32)35-28(40)43-31(7,8)9/h13-16,22-23H,10-12,17-19,32H2,1-9H3,(H,33,38)(H,34,36)(H,35,40)/t22-,23-/m0/s1. The van der Waals surface area contributed by atoms with E-state index in [1.54, 1.807) is 86.6 Å². The maximum absolute atomic E-state index is 13.0. The maximum atomic E-state index is 13.0. The number of carbonyl (C=O) groups is 5. The molecule has 0 saturated heterocycles. The third-order valence-electron chi connectivity index (χ3n) is 5.36. The summed E-state index contributed by atoms with van der Waals surface area (Å²) in [5.74, 6) is -2.31. The summed E-state index contributed by atoms with van der Waals surface area (Å²) < 4.78 is 16.0. The summed E-state index contributed by atoms with van der Waals surface area (Å²) in [6.07, 6.45) is 0.539. The Balaban J connectivity index is 2.89. The molecular weight excluding hydrogens is 556 g/mol. The van der Waals surface area contributed by atoms with Crippen LogP contribution in [0.4, 0.5) is 10.5 Å². The predicted octanol–water partition coefficient (Wildman–Crippen LogP) is 3.75. The van der Waals surface area contributed by atoms with Crippen molar-refractivity contribution in [2.45, 2.75) is 123 Å². The van der Waals surface area contributed by atoms with Crippen molar-refractivity contribution in [2.24, 2.45) is 5.73 Å². The smallest absolute Gasteiger partial charge is 0.408 e. The molecule has 2 atom stereocenters. The van der Waals surface area contributed by atoms with Crippen molar-refractivity contribution in [3.63, 3.8) is 0 Å². The zero-order chi connectivity index (χ0) is 33.0. The first-order valence-corrected chi connectivity index (χ1v) is 14.5. The zero-order valence-corrected chi connectivity index (χ0v) is 27.1. The van der Waals surface area contributed by atoms with Crippen LogP contribution in [0, 0.1) is 0 Å². The lowest BCUT2D eigenvalue weighted by molar-refractivity contribution is -0.165. The SMILES string of the molecule is CC(C)(C)OC(=O)C[C@H](NC(=O)Cc1ccc(NC(=O)[C@H](CCCCN)NC(=O)OC(C)(C)C)cc1)C(=O)OC(C)(C)C. The monoisotopic (exact) mass is 606 g/mol. The molecule has 0 radical (unpaired) electrons. The van der Waals surface area contributed by atoms with E-state index in [0.717, 1.165) is 0 Å². The van der Waals surface area contributed by atoms with Crippen molar-refractivity contribution in [3.05, 3.63) is 29.8 Å². The number of nitrogens with one attached hydrogen (secondary N) is 3. The minimum Gasteiger partial charge on any atom is -0.460 e. The van der Waals surface area contributed by atoms with Gasteiger partial charge in [-0.2, -0.15) is 0 Å². The number of alkyl carbamates (subject to hydrolysis) is 1. The van der Waals surface area contributed by atoms with Crippen LogP contribution in [0.15, 0.2) is 24.3 Å². The Kier molecular flexibility index (Phi) is 14.1. The van der Waals surface area contributed by atoms with Gasteiger partial charge in [0.2, 0.25) is 11.8 Å². The molecule has 0 heterocycles. The lowest BCUT2D eigenvalue weighted by Gasteiger charge is -2.25.